The van der Waals surface area contributed by atoms with E-state index in [1.54, 1.807) is 0 Å². The van der Waals surface area contributed by atoms with Crippen LogP contribution >= 0.6 is 0 Å². The molecule has 3 heteroatoms. The van der Waals surface area contributed by atoms with E-state index in [1.807, 2.05) is 0 Å². The van der Waals surface area contributed by atoms with Gasteiger partial charge in [0.15, 0.2) is 0 Å². The largest absolute Gasteiger partial charge is 0.384 e. The molecule has 0 radical (unpaired) electrons. The molecule has 98 valence electrons. The second kappa shape index (κ2) is 5.19. The summed E-state index contributed by atoms with van der Waals surface area (Å²) in [6.07, 6.45) is 3.71. The number of hydrogen-bond acceptors (Lipinski definition) is 3. The number of hydrogen-bond donors (Lipinski definition) is 2. The zero-order chi connectivity index (χ0) is 12.4. The van der Waals surface area contributed by atoms with Gasteiger partial charge in [0, 0.05) is 43.6 Å². The van der Waals surface area contributed by atoms with Gasteiger partial charge in [-0.2, -0.15) is 0 Å². The lowest BCUT2D eigenvalue weighted by Crippen LogP contribution is -2.51. The Morgan fingerprint density at radius 1 is 1.33 bits per heavy atom. The van der Waals surface area contributed by atoms with Gasteiger partial charge in [-0.1, -0.05) is 13.3 Å². The highest BCUT2D eigenvalue weighted by atomic mass is 15.2. The van der Waals surface area contributed by atoms with Crippen molar-refractivity contribution in [2.45, 2.75) is 32.2 Å². The van der Waals surface area contributed by atoms with Crippen molar-refractivity contribution in [1.82, 2.24) is 5.32 Å². The molecule has 2 heterocycles. The van der Waals surface area contributed by atoms with Crippen LogP contribution in [0.1, 0.15) is 25.3 Å². The van der Waals surface area contributed by atoms with Gasteiger partial charge in [0.05, 0.1) is 0 Å². The summed E-state index contributed by atoms with van der Waals surface area (Å²) >= 11 is 0. The molecule has 1 aromatic rings. The molecule has 1 atom stereocenters. The van der Waals surface area contributed by atoms with Gasteiger partial charge in [0.1, 0.15) is 0 Å². The molecule has 1 fully saturated rings. The second-order valence-electron chi connectivity index (χ2n) is 5.36. The van der Waals surface area contributed by atoms with Crippen LogP contribution in [0.3, 0.4) is 0 Å². The van der Waals surface area contributed by atoms with Crippen molar-refractivity contribution in [2.75, 3.05) is 36.4 Å². The fourth-order valence-corrected chi connectivity index (χ4v) is 3.16. The first-order valence-corrected chi connectivity index (χ1v) is 7.22. The molecule has 2 aliphatic heterocycles. The van der Waals surface area contributed by atoms with Crippen LogP contribution in [0.4, 0.5) is 11.4 Å². The normalized spacial score (nSPS) is 22.7. The zero-order valence-electron chi connectivity index (χ0n) is 11.2. The van der Waals surface area contributed by atoms with Gasteiger partial charge >= 0.3 is 0 Å². The van der Waals surface area contributed by atoms with Crippen LogP contribution in [-0.2, 0) is 6.42 Å². The first-order chi connectivity index (χ1) is 8.88. The number of nitrogens with one attached hydrogen (secondary N) is 2. The van der Waals surface area contributed by atoms with Crippen LogP contribution in [0.25, 0.3) is 0 Å². The summed E-state index contributed by atoms with van der Waals surface area (Å²) in [4.78, 5) is 2.60. The van der Waals surface area contributed by atoms with Crippen LogP contribution in [0, 0.1) is 0 Å². The van der Waals surface area contributed by atoms with E-state index in [4.69, 9.17) is 0 Å². The maximum absolute atomic E-state index is 3.52. The van der Waals surface area contributed by atoms with E-state index in [0.717, 1.165) is 26.2 Å². The molecule has 3 rings (SSSR count). The Balaban J connectivity index is 1.83. The Morgan fingerprint density at radius 3 is 3.17 bits per heavy atom. The minimum Gasteiger partial charge on any atom is -0.384 e. The number of nitrogens with zero attached hydrogens (tertiary/aromatic N) is 1. The SMILES string of the molecule is CCCC1CNCCN1c1ccc2c(c1)CCN2. The lowest BCUT2D eigenvalue weighted by molar-refractivity contribution is 0.451. The topological polar surface area (TPSA) is 27.3 Å². The fraction of sp³-hybridized carbons (Fsp3) is 0.600. The molecule has 3 nitrogen and oxygen atoms in total. The lowest BCUT2D eigenvalue weighted by Gasteiger charge is -2.38. The number of rotatable bonds is 3. The highest BCUT2D eigenvalue weighted by molar-refractivity contribution is 5.63. The van der Waals surface area contributed by atoms with E-state index in [2.05, 4.69) is 40.7 Å². The second-order valence-corrected chi connectivity index (χ2v) is 5.36. The minimum absolute atomic E-state index is 0.663. The first-order valence-electron chi connectivity index (χ1n) is 7.22. The summed E-state index contributed by atoms with van der Waals surface area (Å²) in [5.41, 5.74) is 4.24. The summed E-state index contributed by atoms with van der Waals surface area (Å²) < 4.78 is 0. The summed E-state index contributed by atoms with van der Waals surface area (Å²) in [5.74, 6) is 0. The van der Waals surface area contributed by atoms with Crippen molar-refractivity contribution in [3.63, 3.8) is 0 Å². The van der Waals surface area contributed by atoms with Crippen molar-refractivity contribution in [3.05, 3.63) is 23.8 Å². The molecular formula is C15H23N3. The van der Waals surface area contributed by atoms with Gasteiger partial charge in [-0.05, 0) is 36.6 Å². The van der Waals surface area contributed by atoms with Crippen LogP contribution in [0.15, 0.2) is 18.2 Å². The number of fused-ring (bicyclic) bond motifs is 1. The van der Waals surface area contributed by atoms with Crippen molar-refractivity contribution in [3.8, 4) is 0 Å². The molecule has 1 saturated heterocycles. The third kappa shape index (κ3) is 2.19. The standard InChI is InChI=1S/C15H23N3/c1-2-3-14-11-16-8-9-18(14)13-4-5-15-12(10-13)6-7-17-15/h4-5,10,14,16-17H,2-3,6-9,11H2,1H3. The van der Waals surface area contributed by atoms with E-state index >= 15 is 0 Å². The molecule has 2 N–H and O–H groups in total. The van der Waals surface area contributed by atoms with Crippen LogP contribution in [0.2, 0.25) is 0 Å². The highest BCUT2D eigenvalue weighted by Crippen LogP contribution is 2.29. The smallest absolute Gasteiger partial charge is 0.0415 e. The molecule has 18 heavy (non-hydrogen) atoms. The maximum Gasteiger partial charge on any atom is 0.0415 e. The van der Waals surface area contributed by atoms with Crippen LogP contribution in [-0.4, -0.2) is 32.2 Å². The average molecular weight is 245 g/mol. The van der Waals surface area contributed by atoms with Gasteiger partial charge in [-0.3, -0.25) is 0 Å². The van der Waals surface area contributed by atoms with E-state index in [0.29, 0.717) is 6.04 Å². The quantitative estimate of drug-likeness (QED) is 0.855. The first kappa shape index (κ1) is 11.8. The molecule has 1 aromatic carbocycles. The van der Waals surface area contributed by atoms with Gasteiger partial charge in [0.25, 0.3) is 0 Å². The van der Waals surface area contributed by atoms with Gasteiger partial charge < -0.3 is 15.5 Å². The molecule has 0 bridgehead atoms. The molecule has 0 aromatic heterocycles. The van der Waals surface area contributed by atoms with Gasteiger partial charge in [-0.25, -0.2) is 0 Å². The average Bonchev–Trinajstić information content (AvgIpc) is 2.87. The number of piperazine rings is 1. The summed E-state index contributed by atoms with van der Waals surface area (Å²) in [7, 11) is 0. The van der Waals surface area contributed by atoms with Crippen molar-refractivity contribution in [1.29, 1.82) is 0 Å². The van der Waals surface area contributed by atoms with Crippen molar-refractivity contribution >= 4 is 11.4 Å². The van der Waals surface area contributed by atoms with Gasteiger partial charge in [-0.15, -0.1) is 0 Å². The number of anilines is 2. The molecule has 0 amide bonds. The Kier molecular flexibility index (Phi) is 3.41. The maximum atomic E-state index is 3.52. The van der Waals surface area contributed by atoms with E-state index in [1.165, 1.54) is 36.2 Å². The molecule has 0 saturated carbocycles. The molecule has 0 aliphatic carbocycles. The van der Waals surface area contributed by atoms with E-state index in [9.17, 15) is 0 Å². The van der Waals surface area contributed by atoms with Gasteiger partial charge in [0.2, 0.25) is 0 Å². The Labute approximate surface area is 110 Å². The predicted octanol–water partition coefficient (Wildman–Crippen LogP) is 2.23. The summed E-state index contributed by atoms with van der Waals surface area (Å²) in [6.45, 7) is 6.74. The highest BCUT2D eigenvalue weighted by Gasteiger charge is 2.22. The van der Waals surface area contributed by atoms with Crippen molar-refractivity contribution < 1.29 is 0 Å². The fourth-order valence-electron chi connectivity index (χ4n) is 3.16. The van der Waals surface area contributed by atoms with E-state index in [-0.39, 0.29) is 0 Å². The Morgan fingerprint density at radius 2 is 2.28 bits per heavy atom. The third-order valence-corrected chi connectivity index (χ3v) is 4.10. The van der Waals surface area contributed by atoms with E-state index < -0.39 is 0 Å². The Hall–Kier alpha value is -1.22. The third-order valence-electron chi connectivity index (χ3n) is 4.10. The summed E-state index contributed by atoms with van der Waals surface area (Å²) in [6, 6.07) is 7.59. The molecule has 0 spiro atoms. The van der Waals surface area contributed by atoms with Crippen LogP contribution in [0.5, 0.6) is 0 Å². The predicted molar refractivity (Wildman–Crippen MR) is 77.5 cm³/mol. The lowest BCUT2D eigenvalue weighted by atomic mass is 10.0. The number of benzene rings is 1. The van der Waals surface area contributed by atoms with Crippen LogP contribution < -0.4 is 15.5 Å². The summed E-state index contributed by atoms with van der Waals surface area (Å²) in [5, 5.41) is 6.95. The molecule has 1 unspecified atom stereocenters. The van der Waals surface area contributed by atoms with Crippen molar-refractivity contribution in [2.24, 2.45) is 0 Å². The Bertz CT molecular complexity index is 414. The zero-order valence-corrected chi connectivity index (χ0v) is 11.2. The minimum atomic E-state index is 0.663. The molecular weight excluding hydrogens is 222 g/mol. The molecule has 2 aliphatic rings. The monoisotopic (exact) mass is 245 g/mol.